The van der Waals surface area contributed by atoms with Gasteiger partial charge in [0.2, 0.25) is 0 Å². The number of unbranched alkanes of at least 4 members (excludes halogenated alkanes) is 3. The summed E-state index contributed by atoms with van der Waals surface area (Å²) in [6, 6.07) is 2.64. The number of nitrogens with one attached hydrogen (secondary N) is 1. The molecule has 0 aliphatic carbocycles. The number of aromatic nitrogens is 1. The van der Waals surface area contributed by atoms with Crippen LogP contribution in [-0.4, -0.2) is 11.5 Å². The third-order valence-corrected chi connectivity index (χ3v) is 3.63. The van der Waals surface area contributed by atoms with Crippen LogP contribution in [0.5, 0.6) is 0 Å². The first-order chi connectivity index (χ1) is 9.69. The van der Waals surface area contributed by atoms with Gasteiger partial charge in [-0.15, -0.1) is 6.58 Å². The fourth-order valence-corrected chi connectivity index (χ4v) is 2.56. The molecule has 112 valence electrons. The van der Waals surface area contributed by atoms with Crippen molar-refractivity contribution in [2.24, 2.45) is 0 Å². The van der Waals surface area contributed by atoms with Gasteiger partial charge in [0.15, 0.2) is 0 Å². The lowest BCUT2D eigenvalue weighted by Gasteiger charge is -2.20. The minimum absolute atomic E-state index is 0.402. The van der Waals surface area contributed by atoms with E-state index in [1.165, 1.54) is 42.5 Å². The molecule has 0 amide bonds. The SMILES string of the molecule is C=CCCCCCC(NCCC)c1ncc(C)cc1C. The molecule has 1 heterocycles. The molecule has 0 fully saturated rings. The van der Waals surface area contributed by atoms with Crippen LogP contribution >= 0.6 is 0 Å². The van der Waals surface area contributed by atoms with Gasteiger partial charge < -0.3 is 5.32 Å². The van der Waals surface area contributed by atoms with Gasteiger partial charge in [0.05, 0.1) is 5.69 Å². The maximum Gasteiger partial charge on any atom is 0.0602 e. The quantitative estimate of drug-likeness (QED) is 0.486. The van der Waals surface area contributed by atoms with E-state index in [0.29, 0.717) is 6.04 Å². The summed E-state index contributed by atoms with van der Waals surface area (Å²) in [5, 5.41) is 3.65. The van der Waals surface area contributed by atoms with E-state index in [1.807, 2.05) is 12.3 Å². The summed E-state index contributed by atoms with van der Waals surface area (Å²) in [5.74, 6) is 0. The van der Waals surface area contributed by atoms with Crippen LogP contribution in [0.4, 0.5) is 0 Å². The number of hydrogen-bond acceptors (Lipinski definition) is 2. The Labute approximate surface area is 124 Å². The lowest BCUT2D eigenvalue weighted by atomic mass is 10.00. The Kier molecular flexibility index (Phi) is 8.20. The summed E-state index contributed by atoms with van der Waals surface area (Å²) in [5.41, 5.74) is 3.78. The molecule has 20 heavy (non-hydrogen) atoms. The molecule has 0 bridgehead atoms. The van der Waals surface area contributed by atoms with E-state index in [-0.39, 0.29) is 0 Å². The molecule has 2 heteroatoms. The summed E-state index contributed by atoms with van der Waals surface area (Å²) < 4.78 is 0. The van der Waals surface area contributed by atoms with Crippen LogP contribution in [0.25, 0.3) is 0 Å². The van der Waals surface area contributed by atoms with Crippen LogP contribution in [0.15, 0.2) is 24.9 Å². The fraction of sp³-hybridized carbons (Fsp3) is 0.611. The molecule has 0 saturated carbocycles. The monoisotopic (exact) mass is 274 g/mol. The molecule has 1 unspecified atom stereocenters. The van der Waals surface area contributed by atoms with Crippen molar-refractivity contribution in [1.29, 1.82) is 0 Å². The van der Waals surface area contributed by atoms with Gasteiger partial charge in [-0.1, -0.05) is 31.9 Å². The Morgan fingerprint density at radius 2 is 2.10 bits per heavy atom. The van der Waals surface area contributed by atoms with Gasteiger partial charge in [0, 0.05) is 12.2 Å². The van der Waals surface area contributed by atoms with Crippen LogP contribution in [0.3, 0.4) is 0 Å². The van der Waals surface area contributed by atoms with Crippen molar-refractivity contribution >= 4 is 0 Å². The van der Waals surface area contributed by atoms with E-state index in [4.69, 9.17) is 0 Å². The Bertz CT molecular complexity index is 398. The molecule has 0 radical (unpaired) electrons. The Morgan fingerprint density at radius 3 is 2.75 bits per heavy atom. The molecule has 0 aromatic carbocycles. The molecule has 1 N–H and O–H groups in total. The van der Waals surface area contributed by atoms with E-state index in [2.05, 4.69) is 43.7 Å². The summed E-state index contributed by atoms with van der Waals surface area (Å²) in [6.45, 7) is 11.3. The van der Waals surface area contributed by atoms with Crippen LogP contribution in [-0.2, 0) is 0 Å². The predicted octanol–water partition coefficient (Wildman–Crippen LogP) is 4.88. The van der Waals surface area contributed by atoms with Gasteiger partial charge in [-0.2, -0.15) is 0 Å². The van der Waals surface area contributed by atoms with Crippen molar-refractivity contribution in [3.63, 3.8) is 0 Å². The maximum absolute atomic E-state index is 4.67. The second-order valence-electron chi connectivity index (χ2n) is 5.65. The number of aryl methyl sites for hydroxylation is 2. The van der Waals surface area contributed by atoms with E-state index in [1.54, 1.807) is 0 Å². The molecule has 0 aliphatic rings. The van der Waals surface area contributed by atoms with Gasteiger partial charge in [-0.05, 0) is 57.2 Å². The summed E-state index contributed by atoms with van der Waals surface area (Å²) >= 11 is 0. The van der Waals surface area contributed by atoms with Crippen molar-refractivity contribution < 1.29 is 0 Å². The van der Waals surface area contributed by atoms with E-state index in [0.717, 1.165) is 19.4 Å². The number of nitrogens with zero attached hydrogens (tertiary/aromatic N) is 1. The van der Waals surface area contributed by atoms with Crippen molar-refractivity contribution in [3.05, 3.63) is 41.7 Å². The zero-order valence-corrected chi connectivity index (χ0v) is 13.4. The minimum Gasteiger partial charge on any atom is -0.309 e. The van der Waals surface area contributed by atoms with Crippen molar-refractivity contribution in [2.45, 2.75) is 65.3 Å². The predicted molar refractivity (Wildman–Crippen MR) is 88.0 cm³/mol. The normalized spacial score (nSPS) is 12.3. The maximum atomic E-state index is 4.67. The highest BCUT2D eigenvalue weighted by atomic mass is 14.9. The number of allylic oxidation sites excluding steroid dienone is 1. The molecule has 2 nitrogen and oxygen atoms in total. The zero-order chi connectivity index (χ0) is 14.8. The highest BCUT2D eigenvalue weighted by molar-refractivity contribution is 5.25. The largest absolute Gasteiger partial charge is 0.309 e. The van der Waals surface area contributed by atoms with Crippen LogP contribution in [0.1, 0.15) is 68.3 Å². The lowest BCUT2D eigenvalue weighted by molar-refractivity contribution is 0.461. The second kappa shape index (κ2) is 9.71. The molecular formula is C18H30N2. The first-order valence-corrected chi connectivity index (χ1v) is 7.96. The van der Waals surface area contributed by atoms with Crippen molar-refractivity contribution in [3.8, 4) is 0 Å². The van der Waals surface area contributed by atoms with E-state index < -0.39 is 0 Å². The van der Waals surface area contributed by atoms with Gasteiger partial charge in [0.1, 0.15) is 0 Å². The third-order valence-electron chi connectivity index (χ3n) is 3.63. The van der Waals surface area contributed by atoms with Crippen LogP contribution in [0, 0.1) is 13.8 Å². The minimum atomic E-state index is 0.402. The van der Waals surface area contributed by atoms with Crippen molar-refractivity contribution in [1.82, 2.24) is 10.3 Å². The Hall–Kier alpha value is -1.15. The van der Waals surface area contributed by atoms with Crippen LogP contribution in [0.2, 0.25) is 0 Å². The first-order valence-electron chi connectivity index (χ1n) is 7.96. The average Bonchev–Trinajstić information content (AvgIpc) is 2.43. The van der Waals surface area contributed by atoms with E-state index in [9.17, 15) is 0 Å². The summed E-state index contributed by atoms with van der Waals surface area (Å²) in [6.07, 6.45) is 11.3. The van der Waals surface area contributed by atoms with Gasteiger partial charge in [0.25, 0.3) is 0 Å². The van der Waals surface area contributed by atoms with Crippen molar-refractivity contribution in [2.75, 3.05) is 6.54 Å². The van der Waals surface area contributed by atoms with Gasteiger partial charge in [-0.3, -0.25) is 4.98 Å². The number of pyridine rings is 1. The highest BCUT2D eigenvalue weighted by Crippen LogP contribution is 2.22. The lowest BCUT2D eigenvalue weighted by Crippen LogP contribution is -2.24. The Morgan fingerprint density at radius 1 is 1.30 bits per heavy atom. The molecule has 1 aromatic heterocycles. The highest BCUT2D eigenvalue weighted by Gasteiger charge is 2.14. The molecule has 1 rings (SSSR count). The Balaban J connectivity index is 2.60. The van der Waals surface area contributed by atoms with Gasteiger partial charge in [-0.25, -0.2) is 0 Å². The molecule has 0 aliphatic heterocycles. The molecule has 1 aromatic rings. The summed E-state index contributed by atoms with van der Waals surface area (Å²) in [4.78, 5) is 4.67. The van der Waals surface area contributed by atoms with E-state index >= 15 is 0 Å². The topological polar surface area (TPSA) is 24.9 Å². The molecular weight excluding hydrogens is 244 g/mol. The number of hydrogen-bond donors (Lipinski definition) is 1. The second-order valence-corrected chi connectivity index (χ2v) is 5.65. The molecule has 0 spiro atoms. The molecule has 1 atom stereocenters. The fourth-order valence-electron chi connectivity index (χ4n) is 2.56. The number of rotatable bonds is 10. The van der Waals surface area contributed by atoms with Gasteiger partial charge >= 0.3 is 0 Å². The van der Waals surface area contributed by atoms with Crippen LogP contribution < -0.4 is 5.32 Å². The molecule has 0 saturated heterocycles. The smallest absolute Gasteiger partial charge is 0.0602 e. The standard InChI is InChI=1S/C18H30N2/c1-5-7-8-9-10-11-17(19-12-6-2)18-16(4)13-15(3)14-20-18/h5,13-14,17,19H,1,6-12H2,2-4H3. The zero-order valence-electron chi connectivity index (χ0n) is 13.4. The summed E-state index contributed by atoms with van der Waals surface area (Å²) in [7, 11) is 0. The third kappa shape index (κ3) is 5.87. The first kappa shape index (κ1) is 16.9. The average molecular weight is 274 g/mol.